The van der Waals surface area contributed by atoms with Crippen molar-refractivity contribution in [3.63, 3.8) is 0 Å². The number of hydrazone groups is 1. The Labute approximate surface area is 199 Å². The summed E-state index contributed by atoms with van der Waals surface area (Å²) in [5.74, 6) is 3.60. The van der Waals surface area contributed by atoms with E-state index in [0.29, 0.717) is 23.9 Å². The van der Waals surface area contributed by atoms with Crippen LogP contribution in [-0.2, 0) is 0 Å². The number of hydrogen-bond acceptors (Lipinski definition) is 7. The highest BCUT2D eigenvalue weighted by Crippen LogP contribution is 2.51. The molecule has 0 amide bonds. The van der Waals surface area contributed by atoms with Crippen LogP contribution in [0.25, 0.3) is 0 Å². The molecule has 0 bridgehead atoms. The van der Waals surface area contributed by atoms with E-state index in [-0.39, 0.29) is 6.04 Å². The van der Waals surface area contributed by atoms with Crippen LogP contribution in [0.5, 0.6) is 28.7 Å². The van der Waals surface area contributed by atoms with Gasteiger partial charge in [0.2, 0.25) is 6.23 Å². The number of para-hydroxylation sites is 1. The van der Waals surface area contributed by atoms with Gasteiger partial charge in [-0.2, -0.15) is 5.10 Å². The van der Waals surface area contributed by atoms with E-state index in [1.54, 1.807) is 21.3 Å². The van der Waals surface area contributed by atoms with Crippen LogP contribution in [0.2, 0.25) is 0 Å². The van der Waals surface area contributed by atoms with Crippen molar-refractivity contribution in [2.45, 2.75) is 25.6 Å². The van der Waals surface area contributed by atoms with Gasteiger partial charge >= 0.3 is 0 Å². The molecule has 7 nitrogen and oxygen atoms in total. The van der Waals surface area contributed by atoms with Crippen LogP contribution in [0, 0.1) is 0 Å². The highest BCUT2D eigenvalue weighted by atomic mass is 16.5. The zero-order valence-electron chi connectivity index (χ0n) is 19.8. The van der Waals surface area contributed by atoms with Gasteiger partial charge in [0.1, 0.15) is 5.75 Å². The van der Waals surface area contributed by atoms with Crippen LogP contribution in [0.4, 0.5) is 0 Å². The van der Waals surface area contributed by atoms with Gasteiger partial charge in [-0.15, -0.1) is 0 Å². The number of methoxy groups -OCH3 is 3. The number of nitrogens with zero attached hydrogens (tertiary/aromatic N) is 2. The van der Waals surface area contributed by atoms with Gasteiger partial charge in [-0.05, 0) is 61.0 Å². The van der Waals surface area contributed by atoms with E-state index < -0.39 is 6.23 Å². The second-order valence-electron chi connectivity index (χ2n) is 8.07. The fourth-order valence-electron chi connectivity index (χ4n) is 4.56. The Balaban J connectivity index is 1.57. The minimum atomic E-state index is -0.450. The highest BCUT2D eigenvalue weighted by Gasteiger charge is 2.42. The van der Waals surface area contributed by atoms with Crippen molar-refractivity contribution in [1.29, 1.82) is 0 Å². The summed E-state index contributed by atoms with van der Waals surface area (Å²) < 4.78 is 28.7. The fourth-order valence-corrected chi connectivity index (χ4v) is 4.56. The SMILES string of the molecule is CCOc1ccc(C2=NN3[C@@H](C2)c2cccc(OC)c2O[C@H]3c2ccc(OC)c(OC)c2)cc1. The summed E-state index contributed by atoms with van der Waals surface area (Å²) in [6.07, 6.45) is 0.301. The number of ether oxygens (including phenoxy) is 5. The predicted molar refractivity (Wildman–Crippen MR) is 129 cm³/mol. The van der Waals surface area contributed by atoms with E-state index in [1.165, 1.54) is 0 Å². The van der Waals surface area contributed by atoms with Gasteiger partial charge < -0.3 is 23.7 Å². The second kappa shape index (κ2) is 9.17. The average Bonchev–Trinajstić information content (AvgIpc) is 3.34. The first-order valence-corrected chi connectivity index (χ1v) is 11.3. The van der Waals surface area contributed by atoms with Crippen LogP contribution >= 0.6 is 0 Å². The van der Waals surface area contributed by atoms with Crippen LogP contribution < -0.4 is 23.7 Å². The molecule has 2 aliphatic heterocycles. The standard InChI is InChI=1S/C27H28N2O5/c1-5-33-19-12-9-17(10-13-19)21-16-22-20-7-6-8-24(31-3)26(20)34-27(29(22)28-21)18-11-14-23(30-2)25(15-18)32-4/h6-15,22,27H,5,16H2,1-4H3/t22-,27-/m0/s1. The largest absolute Gasteiger partial charge is 0.494 e. The van der Waals surface area contributed by atoms with E-state index in [2.05, 4.69) is 18.2 Å². The lowest BCUT2D eigenvalue weighted by molar-refractivity contribution is -0.0210. The highest BCUT2D eigenvalue weighted by molar-refractivity contribution is 6.02. The molecule has 0 saturated carbocycles. The molecule has 3 aromatic rings. The molecule has 0 fully saturated rings. The normalized spacial score (nSPS) is 18.4. The Bertz CT molecular complexity index is 1210. The molecule has 34 heavy (non-hydrogen) atoms. The summed E-state index contributed by atoms with van der Waals surface area (Å²) in [5, 5.41) is 7.07. The maximum absolute atomic E-state index is 6.54. The average molecular weight is 461 g/mol. The first kappa shape index (κ1) is 21.9. The Morgan fingerprint density at radius 3 is 2.38 bits per heavy atom. The molecule has 0 saturated heterocycles. The molecule has 2 aliphatic rings. The zero-order valence-corrected chi connectivity index (χ0v) is 19.8. The number of rotatable bonds is 7. The maximum atomic E-state index is 6.54. The quantitative estimate of drug-likeness (QED) is 0.474. The molecule has 0 aliphatic carbocycles. The number of benzene rings is 3. The molecule has 176 valence electrons. The minimum Gasteiger partial charge on any atom is -0.494 e. The van der Waals surface area contributed by atoms with Crippen molar-refractivity contribution in [3.8, 4) is 28.7 Å². The van der Waals surface area contributed by atoms with Gasteiger partial charge in [0.15, 0.2) is 23.0 Å². The first-order chi connectivity index (χ1) is 16.7. The topological polar surface area (TPSA) is 61.8 Å². The molecule has 3 aromatic carbocycles. The summed E-state index contributed by atoms with van der Waals surface area (Å²) >= 11 is 0. The first-order valence-electron chi connectivity index (χ1n) is 11.3. The summed E-state index contributed by atoms with van der Waals surface area (Å²) in [5.41, 5.74) is 4.03. The third kappa shape index (κ3) is 3.77. The van der Waals surface area contributed by atoms with Gasteiger partial charge in [0, 0.05) is 17.5 Å². The molecule has 0 radical (unpaired) electrons. The third-order valence-electron chi connectivity index (χ3n) is 6.19. The lowest BCUT2D eigenvalue weighted by Crippen LogP contribution is -2.33. The number of fused-ring (bicyclic) bond motifs is 3. The minimum absolute atomic E-state index is 0.0125. The molecule has 2 atom stereocenters. The van der Waals surface area contributed by atoms with E-state index in [0.717, 1.165) is 40.3 Å². The summed E-state index contributed by atoms with van der Waals surface area (Å²) in [7, 11) is 4.91. The Hall–Kier alpha value is -3.87. The Kier molecular flexibility index (Phi) is 5.92. The molecule has 0 N–H and O–H groups in total. The predicted octanol–water partition coefficient (Wildman–Crippen LogP) is 5.35. The van der Waals surface area contributed by atoms with E-state index in [4.69, 9.17) is 28.8 Å². The smallest absolute Gasteiger partial charge is 0.214 e. The van der Waals surface area contributed by atoms with Crippen LogP contribution in [0.3, 0.4) is 0 Å². The van der Waals surface area contributed by atoms with Crippen molar-refractivity contribution < 1.29 is 23.7 Å². The van der Waals surface area contributed by atoms with Crippen molar-refractivity contribution >= 4 is 5.71 Å². The zero-order chi connectivity index (χ0) is 23.7. The summed E-state index contributed by atoms with van der Waals surface area (Å²) in [4.78, 5) is 0. The molecule has 2 heterocycles. The Morgan fingerprint density at radius 2 is 1.68 bits per heavy atom. The lowest BCUT2D eigenvalue weighted by atomic mass is 9.95. The van der Waals surface area contributed by atoms with Crippen molar-refractivity contribution in [3.05, 3.63) is 77.4 Å². The van der Waals surface area contributed by atoms with Crippen LogP contribution in [-0.4, -0.2) is 38.7 Å². The van der Waals surface area contributed by atoms with Gasteiger partial charge in [-0.1, -0.05) is 12.1 Å². The fraction of sp³-hybridized carbons (Fsp3) is 0.296. The van der Waals surface area contributed by atoms with Crippen LogP contribution in [0.15, 0.2) is 65.8 Å². The van der Waals surface area contributed by atoms with Crippen molar-refractivity contribution in [2.75, 3.05) is 27.9 Å². The number of hydrogen-bond donors (Lipinski definition) is 0. The van der Waals surface area contributed by atoms with Gasteiger partial charge in [0.05, 0.1) is 39.7 Å². The molecule has 7 heteroatoms. The monoisotopic (exact) mass is 460 g/mol. The van der Waals surface area contributed by atoms with Gasteiger partial charge in [0.25, 0.3) is 0 Å². The molecule has 0 unspecified atom stereocenters. The van der Waals surface area contributed by atoms with E-state index in [9.17, 15) is 0 Å². The third-order valence-corrected chi connectivity index (χ3v) is 6.19. The van der Waals surface area contributed by atoms with Gasteiger partial charge in [-0.25, -0.2) is 5.01 Å². The maximum Gasteiger partial charge on any atom is 0.214 e. The molecule has 0 aromatic heterocycles. The molecule has 5 rings (SSSR count). The van der Waals surface area contributed by atoms with Crippen molar-refractivity contribution in [1.82, 2.24) is 5.01 Å². The summed E-state index contributed by atoms with van der Waals surface area (Å²) in [6.45, 7) is 2.62. The lowest BCUT2D eigenvalue weighted by Gasteiger charge is -2.38. The van der Waals surface area contributed by atoms with Crippen molar-refractivity contribution in [2.24, 2.45) is 5.10 Å². The van der Waals surface area contributed by atoms with E-state index >= 15 is 0 Å². The molecule has 0 spiro atoms. The summed E-state index contributed by atoms with van der Waals surface area (Å²) in [6, 6.07) is 19.9. The molecular formula is C27H28N2O5. The van der Waals surface area contributed by atoms with Crippen LogP contribution in [0.1, 0.15) is 42.3 Å². The Morgan fingerprint density at radius 1 is 0.912 bits per heavy atom. The van der Waals surface area contributed by atoms with Gasteiger partial charge in [-0.3, -0.25) is 0 Å². The second-order valence-corrected chi connectivity index (χ2v) is 8.07. The van der Waals surface area contributed by atoms with E-state index in [1.807, 2.05) is 54.4 Å². The molecular weight excluding hydrogens is 432 g/mol.